The van der Waals surface area contributed by atoms with Gasteiger partial charge in [0.15, 0.2) is 0 Å². The molecule has 82 valence electrons. The maximum atomic E-state index is 11.5. The molecule has 0 saturated carbocycles. The van der Waals surface area contributed by atoms with E-state index >= 15 is 0 Å². The predicted octanol–water partition coefficient (Wildman–Crippen LogP) is 1.29. The van der Waals surface area contributed by atoms with E-state index in [1.54, 1.807) is 0 Å². The molecule has 0 bridgehead atoms. The number of hydrogen-bond acceptors (Lipinski definition) is 2. The van der Waals surface area contributed by atoms with Gasteiger partial charge in [0.1, 0.15) is 0 Å². The van der Waals surface area contributed by atoms with Crippen molar-refractivity contribution in [3.05, 3.63) is 0 Å². The van der Waals surface area contributed by atoms with Crippen LogP contribution in [0.1, 0.15) is 39.0 Å². The third-order valence-electron chi connectivity index (χ3n) is 2.79. The Morgan fingerprint density at radius 1 is 1.43 bits per heavy atom. The summed E-state index contributed by atoms with van der Waals surface area (Å²) in [5, 5.41) is 6.28. The minimum absolute atomic E-state index is 0.241. The standard InChI is InChI=1S/C11H22N2O/c1-2-3-6-13-11(14)9-10-4-7-12-8-5-10/h10,12H,2-9H2,1H3,(H,13,14). The Hall–Kier alpha value is -0.570. The zero-order chi connectivity index (χ0) is 10.2. The molecule has 3 nitrogen and oxygen atoms in total. The van der Waals surface area contributed by atoms with Crippen molar-refractivity contribution in [2.45, 2.75) is 39.0 Å². The lowest BCUT2D eigenvalue weighted by atomic mass is 9.94. The number of unbranched alkanes of at least 4 members (excludes halogenated alkanes) is 1. The molecule has 1 saturated heterocycles. The van der Waals surface area contributed by atoms with Crippen LogP contribution in [-0.2, 0) is 4.79 Å². The molecule has 0 aromatic heterocycles. The Balaban J connectivity index is 2.06. The maximum absolute atomic E-state index is 11.5. The van der Waals surface area contributed by atoms with E-state index in [0.717, 1.165) is 51.7 Å². The van der Waals surface area contributed by atoms with Gasteiger partial charge in [0.05, 0.1) is 0 Å². The van der Waals surface area contributed by atoms with Crippen LogP contribution in [-0.4, -0.2) is 25.5 Å². The lowest BCUT2D eigenvalue weighted by Crippen LogP contribution is -2.32. The van der Waals surface area contributed by atoms with Gasteiger partial charge in [0, 0.05) is 13.0 Å². The minimum Gasteiger partial charge on any atom is -0.356 e. The van der Waals surface area contributed by atoms with Gasteiger partial charge >= 0.3 is 0 Å². The first-order valence-corrected chi connectivity index (χ1v) is 5.80. The molecule has 0 radical (unpaired) electrons. The van der Waals surface area contributed by atoms with Gasteiger partial charge in [-0.25, -0.2) is 0 Å². The number of amides is 1. The SMILES string of the molecule is CCCCNC(=O)CC1CCNCC1. The summed E-state index contributed by atoms with van der Waals surface area (Å²) in [7, 11) is 0. The molecule has 0 aromatic rings. The highest BCUT2D eigenvalue weighted by atomic mass is 16.1. The van der Waals surface area contributed by atoms with E-state index in [0.29, 0.717) is 5.92 Å². The highest BCUT2D eigenvalue weighted by molar-refractivity contribution is 5.76. The fraction of sp³-hybridized carbons (Fsp3) is 0.909. The van der Waals surface area contributed by atoms with E-state index in [1.807, 2.05) is 0 Å². The fourth-order valence-corrected chi connectivity index (χ4v) is 1.82. The summed E-state index contributed by atoms with van der Waals surface area (Å²) in [6.07, 6.45) is 5.28. The van der Waals surface area contributed by atoms with Crippen LogP contribution in [0.25, 0.3) is 0 Å². The quantitative estimate of drug-likeness (QED) is 0.654. The van der Waals surface area contributed by atoms with Gasteiger partial charge < -0.3 is 10.6 Å². The zero-order valence-corrected chi connectivity index (χ0v) is 9.14. The molecule has 0 aromatic carbocycles. The molecule has 1 rings (SSSR count). The van der Waals surface area contributed by atoms with Crippen molar-refractivity contribution in [3.8, 4) is 0 Å². The highest BCUT2D eigenvalue weighted by Crippen LogP contribution is 2.15. The minimum atomic E-state index is 0.241. The molecule has 1 aliphatic rings. The summed E-state index contributed by atoms with van der Waals surface area (Å²) in [5.74, 6) is 0.850. The first-order valence-electron chi connectivity index (χ1n) is 5.80. The lowest BCUT2D eigenvalue weighted by molar-refractivity contribution is -0.122. The van der Waals surface area contributed by atoms with Crippen LogP contribution in [0.4, 0.5) is 0 Å². The maximum Gasteiger partial charge on any atom is 0.220 e. The Morgan fingerprint density at radius 3 is 2.79 bits per heavy atom. The van der Waals surface area contributed by atoms with E-state index < -0.39 is 0 Å². The molecule has 1 amide bonds. The van der Waals surface area contributed by atoms with Crippen LogP contribution < -0.4 is 10.6 Å². The van der Waals surface area contributed by atoms with Crippen LogP contribution in [0.2, 0.25) is 0 Å². The molecule has 0 aliphatic carbocycles. The molecule has 0 atom stereocenters. The molecule has 3 heteroatoms. The highest BCUT2D eigenvalue weighted by Gasteiger charge is 2.15. The van der Waals surface area contributed by atoms with Gasteiger partial charge in [-0.05, 0) is 38.3 Å². The largest absolute Gasteiger partial charge is 0.356 e. The third kappa shape index (κ3) is 4.61. The van der Waals surface area contributed by atoms with E-state index in [9.17, 15) is 4.79 Å². The van der Waals surface area contributed by atoms with E-state index in [4.69, 9.17) is 0 Å². The van der Waals surface area contributed by atoms with Crippen LogP contribution >= 0.6 is 0 Å². The van der Waals surface area contributed by atoms with Gasteiger partial charge in [0.25, 0.3) is 0 Å². The van der Waals surface area contributed by atoms with Gasteiger partial charge in [-0.15, -0.1) is 0 Å². The second kappa shape index (κ2) is 6.82. The van der Waals surface area contributed by atoms with Crippen LogP contribution in [0.3, 0.4) is 0 Å². The Bertz CT molecular complexity index is 165. The second-order valence-electron chi connectivity index (χ2n) is 4.10. The van der Waals surface area contributed by atoms with E-state index in [1.165, 1.54) is 0 Å². The van der Waals surface area contributed by atoms with Gasteiger partial charge in [0.2, 0.25) is 5.91 Å². The van der Waals surface area contributed by atoms with Gasteiger partial charge in [-0.2, -0.15) is 0 Å². The lowest BCUT2D eigenvalue weighted by Gasteiger charge is -2.21. The third-order valence-corrected chi connectivity index (χ3v) is 2.79. The van der Waals surface area contributed by atoms with Crippen molar-refractivity contribution in [1.29, 1.82) is 0 Å². The fourth-order valence-electron chi connectivity index (χ4n) is 1.82. The summed E-state index contributed by atoms with van der Waals surface area (Å²) in [6.45, 7) is 5.14. The average molecular weight is 198 g/mol. The zero-order valence-electron chi connectivity index (χ0n) is 9.14. The molecule has 0 unspecified atom stereocenters. The molecule has 1 fully saturated rings. The predicted molar refractivity (Wildman–Crippen MR) is 58.1 cm³/mol. The monoisotopic (exact) mass is 198 g/mol. The van der Waals surface area contributed by atoms with Gasteiger partial charge in [-0.3, -0.25) is 4.79 Å². The Morgan fingerprint density at radius 2 is 2.14 bits per heavy atom. The van der Waals surface area contributed by atoms with Crippen molar-refractivity contribution >= 4 is 5.91 Å². The van der Waals surface area contributed by atoms with E-state index in [2.05, 4.69) is 17.6 Å². The first-order chi connectivity index (χ1) is 6.83. The number of carbonyl (C=O) groups excluding carboxylic acids is 1. The summed E-state index contributed by atoms with van der Waals surface area (Å²) in [5.41, 5.74) is 0. The van der Waals surface area contributed by atoms with Crippen LogP contribution in [0, 0.1) is 5.92 Å². The van der Waals surface area contributed by atoms with Crippen molar-refractivity contribution in [3.63, 3.8) is 0 Å². The normalized spacial score (nSPS) is 18.1. The molecular weight excluding hydrogens is 176 g/mol. The summed E-state index contributed by atoms with van der Waals surface area (Å²) in [4.78, 5) is 11.5. The van der Waals surface area contributed by atoms with Gasteiger partial charge in [-0.1, -0.05) is 13.3 Å². The number of carbonyl (C=O) groups is 1. The van der Waals surface area contributed by atoms with Crippen LogP contribution in [0.15, 0.2) is 0 Å². The number of hydrogen-bond donors (Lipinski definition) is 2. The summed E-state index contributed by atoms with van der Waals surface area (Å²) in [6, 6.07) is 0. The van der Waals surface area contributed by atoms with Crippen LogP contribution in [0.5, 0.6) is 0 Å². The number of piperidine rings is 1. The second-order valence-corrected chi connectivity index (χ2v) is 4.10. The van der Waals surface area contributed by atoms with Crippen molar-refractivity contribution in [1.82, 2.24) is 10.6 Å². The topological polar surface area (TPSA) is 41.1 Å². The van der Waals surface area contributed by atoms with E-state index in [-0.39, 0.29) is 5.91 Å². The first kappa shape index (κ1) is 11.5. The molecular formula is C11H22N2O. The molecule has 1 heterocycles. The number of rotatable bonds is 5. The molecule has 1 aliphatic heterocycles. The van der Waals surface area contributed by atoms with Crippen molar-refractivity contribution < 1.29 is 4.79 Å². The summed E-state index contributed by atoms with van der Waals surface area (Å²) < 4.78 is 0. The Kier molecular flexibility index (Phi) is 5.60. The smallest absolute Gasteiger partial charge is 0.220 e. The molecule has 14 heavy (non-hydrogen) atoms. The number of nitrogens with one attached hydrogen (secondary N) is 2. The average Bonchev–Trinajstić information content (AvgIpc) is 2.20. The molecule has 0 spiro atoms. The molecule has 2 N–H and O–H groups in total. The summed E-state index contributed by atoms with van der Waals surface area (Å²) >= 11 is 0. The Labute approximate surface area is 86.6 Å². The van der Waals surface area contributed by atoms with Crippen molar-refractivity contribution in [2.75, 3.05) is 19.6 Å². The van der Waals surface area contributed by atoms with Crippen molar-refractivity contribution in [2.24, 2.45) is 5.92 Å².